The number of nitro benzene ring substituents is 1. The average molecular weight is 315 g/mol. The maximum Gasteiger partial charge on any atom is 0.270 e. The molecule has 0 aliphatic rings. The molecule has 118 valence electrons. The third-order valence-electron chi connectivity index (χ3n) is 3.45. The van der Waals surface area contributed by atoms with Crippen LogP contribution in [0.5, 0.6) is 0 Å². The van der Waals surface area contributed by atoms with Crippen molar-refractivity contribution < 1.29 is 13.3 Å². The Morgan fingerprint density at radius 3 is 2.38 bits per heavy atom. The average Bonchev–Trinajstić information content (AvgIpc) is 2.47. The molecule has 0 bridgehead atoms. The summed E-state index contributed by atoms with van der Waals surface area (Å²) in [4.78, 5) is 10.1. The fourth-order valence-corrected chi connectivity index (χ4v) is 3.28. The zero-order valence-electron chi connectivity index (χ0n) is 12.4. The Morgan fingerprint density at radius 2 is 1.90 bits per heavy atom. The lowest BCUT2D eigenvalue weighted by molar-refractivity contribution is -0.385. The van der Waals surface area contributed by atoms with E-state index < -0.39 is 14.9 Å². The molecule has 0 amide bonds. The molecule has 0 aliphatic carbocycles. The van der Waals surface area contributed by atoms with Gasteiger partial charge in [0.2, 0.25) is 10.0 Å². The highest BCUT2D eigenvalue weighted by Crippen LogP contribution is 2.26. The second kappa shape index (κ2) is 7.37. The summed E-state index contributed by atoms with van der Waals surface area (Å²) < 4.78 is 27.2. The first kappa shape index (κ1) is 17.4. The van der Waals surface area contributed by atoms with E-state index in [-0.39, 0.29) is 16.5 Å². The number of rotatable bonds is 8. The van der Waals surface area contributed by atoms with Gasteiger partial charge in [-0.15, -0.1) is 0 Å². The molecule has 0 fully saturated rings. The molecule has 0 saturated heterocycles. The van der Waals surface area contributed by atoms with Crippen LogP contribution >= 0.6 is 0 Å². The van der Waals surface area contributed by atoms with Gasteiger partial charge in [0.15, 0.2) is 0 Å². The number of sulfonamides is 1. The van der Waals surface area contributed by atoms with Crippen LogP contribution < -0.4 is 10.0 Å². The Bertz CT molecular complexity index is 597. The largest absolute Gasteiger partial charge is 0.387 e. The van der Waals surface area contributed by atoms with Gasteiger partial charge in [-0.3, -0.25) is 10.1 Å². The molecule has 0 spiro atoms. The van der Waals surface area contributed by atoms with Gasteiger partial charge in [-0.2, -0.15) is 0 Å². The topological polar surface area (TPSA) is 101 Å². The number of benzene rings is 1. The second-order valence-corrected chi connectivity index (χ2v) is 6.46. The molecular formula is C13H21N3O4S. The molecule has 8 heteroatoms. The normalized spacial score (nSPS) is 11.6. The Labute approximate surface area is 124 Å². The first-order valence-electron chi connectivity index (χ1n) is 6.81. The van der Waals surface area contributed by atoms with Crippen LogP contribution in [0.3, 0.4) is 0 Å². The minimum Gasteiger partial charge on any atom is -0.387 e. The van der Waals surface area contributed by atoms with Gasteiger partial charge in [-0.1, -0.05) is 26.7 Å². The molecule has 0 heterocycles. The van der Waals surface area contributed by atoms with Crippen LogP contribution in [0.2, 0.25) is 0 Å². The van der Waals surface area contributed by atoms with Crippen LogP contribution in [0, 0.1) is 16.0 Å². The Morgan fingerprint density at radius 1 is 1.29 bits per heavy atom. The predicted molar refractivity (Wildman–Crippen MR) is 81.9 cm³/mol. The van der Waals surface area contributed by atoms with Gasteiger partial charge in [0, 0.05) is 25.7 Å². The van der Waals surface area contributed by atoms with Gasteiger partial charge in [-0.05, 0) is 12.0 Å². The standard InChI is InChI=1S/C13H21N3O4S/c1-4-10(5-2)9-15-21(19,20)13-8-11(16(17)18)6-7-12(13)14-3/h6-8,10,14-15H,4-5,9H2,1-3H3. The van der Waals surface area contributed by atoms with Gasteiger partial charge < -0.3 is 5.32 Å². The van der Waals surface area contributed by atoms with E-state index in [1.807, 2.05) is 13.8 Å². The van der Waals surface area contributed by atoms with Crippen molar-refractivity contribution in [2.75, 3.05) is 18.9 Å². The van der Waals surface area contributed by atoms with Crippen LogP contribution in [0.4, 0.5) is 11.4 Å². The Kier molecular flexibility index (Phi) is 6.10. The highest BCUT2D eigenvalue weighted by Gasteiger charge is 2.22. The molecule has 1 aromatic rings. The summed E-state index contributed by atoms with van der Waals surface area (Å²) in [5.74, 6) is 0.247. The highest BCUT2D eigenvalue weighted by molar-refractivity contribution is 7.89. The third-order valence-corrected chi connectivity index (χ3v) is 4.92. The monoisotopic (exact) mass is 315 g/mol. The van der Waals surface area contributed by atoms with Crippen molar-refractivity contribution in [3.63, 3.8) is 0 Å². The van der Waals surface area contributed by atoms with Gasteiger partial charge in [0.25, 0.3) is 5.69 Å². The summed E-state index contributed by atoms with van der Waals surface area (Å²) >= 11 is 0. The van der Waals surface area contributed by atoms with Crippen molar-refractivity contribution in [3.05, 3.63) is 28.3 Å². The lowest BCUT2D eigenvalue weighted by Crippen LogP contribution is -2.29. The van der Waals surface area contributed by atoms with Gasteiger partial charge in [0.1, 0.15) is 4.90 Å². The molecule has 0 radical (unpaired) electrons. The maximum absolute atomic E-state index is 12.3. The minimum absolute atomic E-state index is 0.106. The molecular weight excluding hydrogens is 294 g/mol. The lowest BCUT2D eigenvalue weighted by Gasteiger charge is -2.15. The fourth-order valence-electron chi connectivity index (χ4n) is 1.94. The Hall–Kier alpha value is -1.67. The number of hydrogen-bond donors (Lipinski definition) is 2. The molecule has 7 nitrogen and oxygen atoms in total. The second-order valence-electron chi connectivity index (χ2n) is 4.72. The van der Waals surface area contributed by atoms with E-state index in [9.17, 15) is 18.5 Å². The van der Waals surface area contributed by atoms with E-state index in [2.05, 4.69) is 10.0 Å². The summed E-state index contributed by atoms with van der Waals surface area (Å²) in [5, 5.41) is 13.6. The van der Waals surface area contributed by atoms with Crippen LogP contribution in [0.1, 0.15) is 26.7 Å². The summed E-state index contributed by atoms with van der Waals surface area (Å²) in [7, 11) is -2.22. The van der Waals surface area contributed by atoms with Crippen molar-refractivity contribution in [2.45, 2.75) is 31.6 Å². The molecule has 2 N–H and O–H groups in total. The molecule has 0 aliphatic heterocycles. The minimum atomic E-state index is -3.79. The van der Waals surface area contributed by atoms with Crippen LogP contribution in [0.25, 0.3) is 0 Å². The predicted octanol–water partition coefficient (Wildman–Crippen LogP) is 2.35. The zero-order valence-corrected chi connectivity index (χ0v) is 13.2. The van der Waals surface area contributed by atoms with Crippen LogP contribution in [-0.4, -0.2) is 26.9 Å². The number of nitrogens with one attached hydrogen (secondary N) is 2. The summed E-state index contributed by atoms with van der Waals surface area (Å²) in [6.45, 7) is 4.31. The maximum atomic E-state index is 12.3. The summed E-state index contributed by atoms with van der Waals surface area (Å²) in [6, 6.07) is 3.73. The molecule has 0 unspecified atom stereocenters. The molecule has 0 saturated carbocycles. The number of non-ortho nitro benzene ring substituents is 1. The van der Waals surface area contributed by atoms with E-state index in [4.69, 9.17) is 0 Å². The van der Waals surface area contributed by atoms with E-state index in [0.717, 1.165) is 18.9 Å². The van der Waals surface area contributed by atoms with Crippen LogP contribution in [0.15, 0.2) is 23.1 Å². The van der Waals surface area contributed by atoms with Crippen molar-refractivity contribution in [3.8, 4) is 0 Å². The number of nitro groups is 1. The first-order valence-corrected chi connectivity index (χ1v) is 8.29. The summed E-state index contributed by atoms with van der Waals surface area (Å²) in [5.41, 5.74) is 0.0783. The molecule has 21 heavy (non-hydrogen) atoms. The first-order chi connectivity index (χ1) is 9.85. The molecule has 0 aromatic heterocycles. The zero-order chi connectivity index (χ0) is 16.0. The van der Waals surface area contributed by atoms with Crippen molar-refractivity contribution in [2.24, 2.45) is 5.92 Å². The SMILES string of the molecule is CCC(CC)CNS(=O)(=O)c1cc([N+](=O)[O-])ccc1NC. The van der Waals surface area contributed by atoms with Crippen molar-refractivity contribution in [1.82, 2.24) is 4.72 Å². The number of anilines is 1. The van der Waals surface area contributed by atoms with E-state index in [1.54, 1.807) is 7.05 Å². The summed E-state index contributed by atoms with van der Waals surface area (Å²) in [6.07, 6.45) is 1.74. The fraction of sp³-hybridized carbons (Fsp3) is 0.538. The van der Waals surface area contributed by atoms with Gasteiger partial charge >= 0.3 is 0 Å². The highest BCUT2D eigenvalue weighted by atomic mass is 32.2. The smallest absolute Gasteiger partial charge is 0.270 e. The van der Waals surface area contributed by atoms with Crippen LogP contribution in [-0.2, 0) is 10.0 Å². The van der Waals surface area contributed by atoms with Crippen molar-refractivity contribution in [1.29, 1.82) is 0 Å². The van der Waals surface area contributed by atoms with E-state index >= 15 is 0 Å². The number of hydrogen-bond acceptors (Lipinski definition) is 5. The molecule has 0 atom stereocenters. The Balaban J connectivity index is 3.11. The lowest BCUT2D eigenvalue weighted by atomic mass is 10.0. The van der Waals surface area contributed by atoms with Gasteiger partial charge in [0.05, 0.1) is 10.6 Å². The molecule has 1 aromatic carbocycles. The molecule has 1 rings (SSSR count). The van der Waals surface area contributed by atoms with E-state index in [1.165, 1.54) is 12.1 Å². The quantitative estimate of drug-likeness (QED) is 0.566. The van der Waals surface area contributed by atoms with E-state index in [0.29, 0.717) is 12.2 Å². The van der Waals surface area contributed by atoms with Gasteiger partial charge in [-0.25, -0.2) is 13.1 Å². The third kappa shape index (κ3) is 4.40. The van der Waals surface area contributed by atoms with Crippen molar-refractivity contribution >= 4 is 21.4 Å². The number of nitrogens with zero attached hydrogens (tertiary/aromatic N) is 1.